The van der Waals surface area contributed by atoms with Crippen LogP contribution in [0.15, 0.2) is 0 Å². The minimum atomic E-state index is -0.835. The molecule has 0 saturated heterocycles. The van der Waals surface area contributed by atoms with Crippen LogP contribution < -0.4 is 5.73 Å². The lowest BCUT2D eigenvalue weighted by atomic mass is 9.42. The second-order valence-corrected chi connectivity index (χ2v) is 3.66. The highest BCUT2D eigenvalue weighted by atomic mass is 16.4. The zero-order valence-electron chi connectivity index (χ0n) is 5.71. The average molecular weight is 141 g/mol. The minimum absolute atomic E-state index is 0.0243. The van der Waals surface area contributed by atoms with Crippen LogP contribution >= 0.6 is 0 Å². The monoisotopic (exact) mass is 141 g/mol. The third-order valence-electron chi connectivity index (χ3n) is 3.01. The molecule has 3 nitrogen and oxygen atoms in total. The maximum atomic E-state index is 10.4. The van der Waals surface area contributed by atoms with Gasteiger partial charge in [0.1, 0.15) is 6.04 Å². The molecule has 3 aliphatic rings. The summed E-state index contributed by atoms with van der Waals surface area (Å²) >= 11 is 0. The number of carboxylic acids is 1. The second kappa shape index (κ2) is 1.53. The van der Waals surface area contributed by atoms with E-state index in [1.807, 2.05) is 0 Å². The lowest BCUT2D eigenvalue weighted by Crippen LogP contribution is -2.63. The Morgan fingerprint density at radius 2 is 2.10 bits per heavy atom. The lowest BCUT2D eigenvalue weighted by Gasteiger charge is -2.63. The third-order valence-corrected chi connectivity index (χ3v) is 3.01. The van der Waals surface area contributed by atoms with E-state index in [-0.39, 0.29) is 5.41 Å². The Hall–Kier alpha value is -0.570. The van der Waals surface area contributed by atoms with Gasteiger partial charge in [-0.15, -0.1) is 0 Å². The topological polar surface area (TPSA) is 63.3 Å². The largest absolute Gasteiger partial charge is 0.480 e. The number of hydrogen-bond acceptors (Lipinski definition) is 2. The molecular weight excluding hydrogens is 130 g/mol. The molecule has 0 aromatic carbocycles. The number of rotatable bonds is 2. The molecule has 56 valence electrons. The molecule has 3 saturated carbocycles. The zero-order valence-corrected chi connectivity index (χ0v) is 5.71. The Bertz CT molecular complexity index is 173. The molecule has 0 aromatic rings. The molecule has 0 radical (unpaired) electrons. The first kappa shape index (κ1) is 6.16. The van der Waals surface area contributed by atoms with E-state index < -0.39 is 12.0 Å². The van der Waals surface area contributed by atoms with Gasteiger partial charge < -0.3 is 10.8 Å². The van der Waals surface area contributed by atoms with Crippen LogP contribution in [0.5, 0.6) is 0 Å². The van der Waals surface area contributed by atoms with Gasteiger partial charge in [-0.05, 0) is 30.6 Å². The van der Waals surface area contributed by atoms with E-state index in [4.69, 9.17) is 10.8 Å². The number of carbonyl (C=O) groups is 1. The first-order valence-electron chi connectivity index (χ1n) is 3.62. The van der Waals surface area contributed by atoms with Gasteiger partial charge >= 0.3 is 5.97 Å². The van der Waals surface area contributed by atoms with E-state index in [0.29, 0.717) is 0 Å². The van der Waals surface area contributed by atoms with E-state index in [1.54, 1.807) is 0 Å². The molecule has 0 unspecified atom stereocenters. The Labute approximate surface area is 59.2 Å². The molecule has 0 amide bonds. The summed E-state index contributed by atoms with van der Waals surface area (Å²) in [6.45, 7) is 0. The average Bonchev–Trinajstić information content (AvgIpc) is 1.56. The van der Waals surface area contributed by atoms with Crippen LogP contribution in [-0.4, -0.2) is 17.1 Å². The number of hydrogen-bond donors (Lipinski definition) is 2. The van der Waals surface area contributed by atoms with Crippen molar-refractivity contribution in [3.8, 4) is 0 Å². The van der Waals surface area contributed by atoms with Crippen molar-refractivity contribution in [2.75, 3.05) is 0 Å². The number of nitrogens with two attached hydrogens (primary N) is 1. The van der Waals surface area contributed by atoms with Crippen LogP contribution in [0.25, 0.3) is 0 Å². The van der Waals surface area contributed by atoms with Crippen LogP contribution in [0.3, 0.4) is 0 Å². The van der Waals surface area contributed by atoms with Crippen LogP contribution in [-0.2, 0) is 4.79 Å². The van der Waals surface area contributed by atoms with Gasteiger partial charge in [0.2, 0.25) is 0 Å². The van der Waals surface area contributed by atoms with E-state index in [0.717, 1.165) is 25.2 Å². The highest BCUT2D eigenvalue weighted by Crippen LogP contribution is 2.65. The van der Waals surface area contributed by atoms with Crippen LogP contribution in [0.4, 0.5) is 0 Å². The molecule has 1 atom stereocenters. The first-order valence-corrected chi connectivity index (χ1v) is 3.62. The second-order valence-electron chi connectivity index (χ2n) is 3.66. The van der Waals surface area contributed by atoms with Gasteiger partial charge in [-0.3, -0.25) is 4.79 Å². The Morgan fingerprint density at radius 1 is 1.60 bits per heavy atom. The SMILES string of the molecule is N[C@@H](C(=O)O)C12CC(C1)C2. The first-order chi connectivity index (χ1) is 4.64. The molecule has 0 aromatic heterocycles. The maximum Gasteiger partial charge on any atom is 0.321 e. The van der Waals surface area contributed by atoms with Crippen molar-refractivity contribution in [3.63, 3.8) is 0 Å². The highest BCUT2D eigenvalue weighted by molar-refractivity contribution is 5.75. The molecule has 3 N–H and O–H groups in total. The zero-order chi connectivity index (χ0) is 7.35. The molecule has 0 heterocycles. The van der Waals surface area contributed by atoms with Gasteiger partial charge in [0.15, 0.2) is 0 Å². The summed E-state index contributed by atoms with van der Waals surface area (Å²) in [6, 6.07) is -0.600. The van der Waals surface area contributed by atoms with Gasteiger partial charge in [0.05, 0.1) is 0 Å². The molecule has 3 fully saturated rings. The quantitative estimate of drug-likeness (QED) is 0.577. The van der Waals surface area contributed by atoms with Crippen LogP contribution in [0.1, 0.15) is 19.3 Å². The van der Waals surface area contributed by atoms with E-state index in [9.17, 15) is 4.79 Å². The smallest absolute Gasteiger partial charge is 0.321 e. The summed E-state index contributed by atoms with van der Waals surface area (Å²) in [5, 5.41) is 8.58. The molecule has 3 aliphatic carbocycles. The molecule has 0 aliphatic heterocycles. The standard InChI is InChI=1S/C7H11NO2/c8-5(6(9)10)7-1-4(2-7)3-7/h4-5H,1-3,8H2,(H,9,10)/t4?,5-,7?/m0/s1. The molecule has 0 spiro atoms. The Morgan fingerprint density at radius 3 is 2.20 bits per heavy atom. The third kappa shape index (κ3) is 0.515. The normalized spacial score (nSPS) is 45.1. The number of aliphatic carboxylic acids is 1. The molecule has 3 heteroatoms. The van der Waals surface area contributed by atoms with Crippen molar-refractivity contribution in [2.45, 2.75) is 25.3 Å². The summed E-state index contributed by atoms with van der Waals surface area (Å²) < 4.78 is 0. The molecule has 10 heavy (non-hydrogen) atoms. The van der Waals surface area contributed by atoms with Gasteiger partial charge in [-0.1, -0.05) is 0 Å². The van der Waals surface area contributed by atoms with Crippen LogP contribution in [0, 0.1) is 11.3 Å². The summed E-state index contributed by atoms with van der Waals surface area (Å²) in [5.74, 6) is -0.0245. The minimum Gasteiger partial charge on any atom is -0.480 e. The summed E-state index contributed by atoms with van der Waals surface area (Å²) in [5.41, 5.74) is 5.52. The van der Waals surface area contributed by atoms with Crippen molar-refractivity contribution >= 4 is 5.97 Å². The molecule has 3 rings (SSSR count). The van der Waals surface area contributed by atoms with Gasteiger partial charge in [-0.25, -0.2) is 0 Å². The molecular formula is C7H11NO2. The summed E-state index contributed by atoms with van der Waals surface area (Å²) in [7, 11) is 0. The Kier molecular flexibility index (Phi) is 0.944. The fraction of sp³-hybridized carbons (Fsp3) is 0.857. The van der Waals surface area contributed by atoms with Crippen molar-refractivity contribution in [3.05, 3.63) is 0 Å². The van der Waals surface area contributed by atoms with E-state index in [1.165, 1.54) is 0 Å². The van der Waals surface area contributed by atoms with E-state index in [2.05, 4.69) is 0 Å². The predicted molar refractivity (Wildman–Crippen MR) is 35.4 cm³/mol. The van der Waals surface area contributed by atoms with Crippen molar-refractivity contribution in [1.29, 1.82) is 0 Å². The number of carboxylic acid groups (broad SMARTS) is 1. The van der Waals surface area contributed by atoms with E-state index >= 15 is 0 Å². The molecule has 2 bridgehead atoms. The van der Waals surface area contributed by atoms with Crippen molar-refractivity contribution < 1.29 is 9.90 Å². The van der Waals surface area contributed by atoms with Crippen molar-refractivity contribution in [2.24, 2.45) is 17.1 Å². The summed E-state index contributed by atoms with van der Waals surface area (Å²) in [4.78, 5) is 10.4. The lowest BCUT2D eigenvalue weighted by molar-refractivity contribution is -0.165. The Balaban J connectivity index is 2.04. The van der Waals surface area contributed by atoms with Gasteiger partial charge in [-0.2, -0.15) is 0 Å². The van der Waals surface area contributed by atoms with Crippen molar-refractivity contribution in [1.82, 2.24) is 0 Å². The van der Waals surface area contributed by atoms with Crippen LogP contribution in [0.2, 0.25) is 0 Å². The fourth-order valence-corrected chi connectivity index (χ4v) is 2.19. The highest BCUT2D eigenvalue weighted by Gasteiger charge is 2.61. The fourth-order valence-electron chi connectivity index (χ4n) is 2.19. The van der Waals surface area contributed by atoms with Gasteiger partial charge in [0, 0.05) is 0 Å². The predicted octanol–water partition coefficient (Wildman–Crippen LogP) is 0.198. The summed E-state index contributed by atoms with van der Waals surface area (Å²) in [6.07, 6.45) is 3.17. The maximum absolute atomic E-state index is 10.4. The van der Waals surface area contributed by atoms with Gasteiger partial charge in [0.25, 0.3) is 0 Å².